The summed E-state index contributed by atoms with van der Waals surface area (Å²) in [6.07, 6.45) is 2.92. The number of sulfone groups is 1. The molecule has 0 radical (unpaired) electrons. The monoisotopic (exact) mass is 504 g/mol. The zero-order valence-corrected chi connectivity index (χ0v) is 20.3. The van der Waals surface area contributed by atoms with Crippen LogP contribution in [0.25, 0.3) is 11.5 Å². The minimum absolute atomic E-state index is 0.0398. The van der Waals surface area contributed by atoms with Gasteiger partial charge < -0.3 is 4.42 Å². The van der Waals surface area contributed by atoms with E-state index in [9.17, 15) is 21.6 Å². The Morgan fingerprint density at radius 2 is 1.79 bits per heavy atom. The van der Waals surface area contributed by atoms with Gasteiger partial charge in [-0.15, -0.1) is 5.10 Å². The summed E-state index contributed by atoms with van der Waals surface area (Å²) < 4.78 is 56.2. The zero-order valence-electron chi connectivity index (χ0n) is 18.6. The molecule has 1 amide bonds. The first-order valence-corrected chi connectivity index (χ1v) is 13.9. The van der Waals surface area contributed by atoms with Gasteiger partial charge >= 0.3 is 6.01 Å². The molecule has 34 heavy (non-hydrogen) atoms. The van der Waals surface area contributed by atoms with E-state index in [4.69, 9.17) is 4.42 Å². The van der Waals surface area contributed by atoms with Crippen molar-refractivity contribution in [3.8, 4) is 11.5 Å². The van der Waals surface area contributed by atoms with Crippen molar-refractivity contribution >= 4 is 31.8 Å². The van der Waals surface area contributed by atoms with Crippen LogP contribution in [0.15, 0.2) is 62.7 Å². The molecule has 10 nitrogen and oxygen atoms in total. The predicted octanol–water partition coefficient (Wildman–Crippen LogP) is 2.81. The summed E-state index contributed by atoms with van der Waals surface area (Å²) in [6.45, 7) is 3.00. The lowest BCUT2D eigenvalue weighted by Crippen LogP contribution is -2.39. The number of hydrogen-bond acceptors (Lipinski definition) is 8. The number of aromatic nitrogens is 2. The Labute approximate surface area is 198 Å². The quantitative estimate of drug-likeness (QED) is 0.540. The van der Waals surface area contributed by atoms with Crippen LogP contribution in [0, 0.1) is 5.92 Å². The maximum Gasteiger partial charge on any atom is 0.322 e. The van der Waals surface area contributed by atoms with Crippen LogP contribution in [0.4, 0.5) is 6.01 Å². The predicted molar refractivity (Wildman–Crippen MR) is 124 cm³/mol. The Morgan fingerprint density at radius 3 is 2.47 bits per heavy atom. The molecule has 1 aromatic heterocycles. The fraction of sp³-hybridized carbons (Fsp3) is 0.318. The molecular weight excluding hydrogens is 480 g/mol. The van der Waals surface area contributed by atoms with Crippen molar-refractivity contribution in [1.82, 2.24) is 14.5 Å². The maximum atomic E-state index is 12.9. The summed E-state index contributed by atoms with van der Waals surface area (Å²) >= 11 is 0. The van der Waals surface area contributed by atoms with E-state index in [1.54, 1.807) is 12.1 Å². The van der Waals surface area contributed by atoms with E-state index in [0.29, 0.717) is 24.6 Å². The number of sulfonamides is 1. The van der Waals surface area contributed by atoms with Gasteiger partial charge in [-0.05, 0) is 61.2 Å². The summed E-state index contributed by atoms with van der Waals surface area (Å²) in [6, 6.07) is 11.5. The second-order valence-electron chi connectivity index (χ2n) is 8.30. The van der Waals surface area contributed by atoms with Gasteiger partial charge in [0.05, 0.1) is 9.79 Å². The number of rotatable bonds is 6. The average Bonchev–Trinajstić information content (AvgIpc) is 3.27. The molecule has 180 valence electrons. The Bertz CT molecular complexity index is 1420. The van der Waals surface area contributed by atoms with Gasteiger partial charge in [0.15, 0.2) is 9.84 Å². The number of hydrogen-bond donors (Lipinski definition) is 1. The normalized spacial score (nSPS) is 17.4. The number of benzene rings is 2. The number of carbonyl (C=O) groups is 1. The van der Waals surface area contributed by atoms with Gasteiger partial charge in [-0.25, -0.2) is 16.8 Å². The first kappa shape index (κ1) is 24.0. The fourth-order valence-electron chi connectivity index (χ4n) is 3.71. The molecule has 1 unspecified atom stereocenters. The van der Waals surface area contributed by atoms with Crippen molar-refractivity contribution < 1.29 is 26.0 Å². The van der Waals surface area contributed by atoms with E-state index >= 15 is 0 Å². The van der Waals surface area contributed by atoms with Gasteiger partial charge in [0.1, 0.15) is 0 Å². The van der Waals surface area contributed by atoms with E-state index in [0.717, 1.165) is 19.1 Å². The molecule has 0 saturated carbocycles. The van der Waals surface area contributed by atoms with Crippen LogP contribution >= 0.6 is 0 Å². The Kier molecular flexibility index (Phi) is 6.56. The number of anilines is 1. The third-order valence-electron chi connectivity index (χ3n) is 5.53. The van der Waals surface area contributed by atoms with Crippen LogP contribution in [0.1, 0.15) is 30.1 Å². The minimum atomic E-state index is -3.62. The van der Waals surface area contributed by atoms with E-state index in [2.05, 4.69) is 15.5 Å². The third-order valence-corrected chi connectivity index (χ3v) is 8.52. The molecule has 1 atom stereocenters. The number of nitrogens with one attached hydrogen (secondary N) is 1. The molecule has 1 saturated heterocycles. The lowest BCUT2D eigenvalue weighted by molar-refractivity contribution is 0.102. The van der Waals surface area contributed by atoms with Gasteiger partial charge in [-0.3, -0.25) is 10.1 Å². The highest BCUT2D eigenvalue weighted by Crippen LogP contribution is 2.25. The molecule has 0 bridgehead atoms. The smallest absolute Gasteiger partial charge is 0.322 e. The molecule has 0 aliphatic carbocycles. The van der Waals surface area contributed by atoms with Gasteiger partial charge in [-0.1, -0.05) is 18.1 Å². The molecule has 1 aliphatic heterocycles. The van der Waals surface area contributed by atoms with Crippen LogP contribution in [-0.4, -0.2) is 56.6 Å². The van der Waals surface area contributed by atoms with E-state index in [1.165, 1.54) is 40.7 Å². The fourth-order valence-corrected chi connectivity index (χ4v) is 5.98. The second-order valence-corrected chi connectivity index (χ2v) is 12.3. The molecular formula is C22H24N4O6S2. The summed E-state index contributed by atoms with van der Waals surface area (Å²) in [7, 11) is -7.03. The molecule has 2 heterocycles. The first-order valence-electron chi connectivity index (χ1n) is 10.6. The molecule has 2 aromatic carbocycles. The summed E-state index contributed by atoms with van der Waals surface area (Å²) in [5.74, 6) is -0.213. The maximum absolute atomic E-state index is 12.9. The lowest BCUT2D eigenvalue weighted by atomic mass is 10.0. The number of nitrogens with zero attached hydrogens (tertiary/aromatic N) is 3. The topological polar surface area (TPSA) is 140 Å². The summed E-state index contributed by atoms with van der Waals surface area (Å²) in [4.78, 5) is 12.8. The lowest BCUT2D eigenvalue weighted by Gasteiger charge is -2.30. The van der Waals surface area contributed by atoms with Crippen molar-refractivity contribution in [3.63, 3.8) is 0 Å². The van der Waals surface area contributed by atoms with Gasteiger partial charge in [-0.2, -0.15) is 4.31 Å². The first-order chi connectivity index (χ1) is 16.0. The molecule has 4 rings (SSSR count). The van der Waals surface area contributed by atoms with Crippen LogP contribution in [-0.2, 0) is 19.9 Å². The van der Waals surface area contributed by atoms with Crippen LogP contribution in [0.3, 0.4) is 0 Å². The second kappa shape index (κ2) is 9.28. The van der Waals surface area contributed by atoms with Crippen molar-refractivity contribution in [1.29, 1.82) is 0 Å². The highest BCUT2D eigenvalue weighted by molar-refractivity contribution is 7.90. The van der Waals surface area contributed by atoms with Gasteiger partial charge in [0.25, 0.3) is 5.91 Å². The molecule has 1 fully saturated rings. The summed E-state index contributed by atoms with van der Waals surface area (Å²) in [5, 5.41) is 10.1. The SMILES string of the molecule is CC1CCCN(S(=O)(=O)c2ccc(C(=O)Nc3nnc(-c4cccc(S(C)(=O)=O)c4)o3)cc2)C1. The van der Waals surface area contributed by atoms with E-state index in [1.807, 2.05) is 6.92 Å². The zero-order chi connectivity index (χ0) is 24.5. The molecule has 1 N–H and O–H groups in total. The van der Waals surface area contributed by atoms with Crippen molar-refractivity contribution in [2.45, 2.75) is 29.6 Å². The minimum Gasteiger partial charge on any atom is -0.403 e. The van der Waals surface area contributed by atoms with Crippen LogP contribution < -0.4 is 5.32 Å². The van der Waals surface area contributed by atoms with Gasteiger partial charge in [0.2, 0.25) is 15.9 Å². The molecule has 3 aromatic rings. The Hall–Kier alpha value is -3.09. The highest BCUT2D eigenvalue weighted by atomic mass is 32.2. The largest absolute Gasteiger partial charge is 0.403 e. The van der Waals surface area contributed by atoms with Crippen molar-refractivity contribution in [2.75, 3.05) is 24.7 Å². The summed E-state index contributed by atoms with van der Waals surface area (Å²) in [5.41, 5.74) is 0.599. The van der Waals surface area contributed by atoms with Crippen molar-refractivity contribution in [2.24, 2.45) is 5.92 Å². The standard InChI is InChI=1S/C22H24N4O6S2/c1-15-5-4-12-26(14-15)34(30,31)18-10-8-16(9-11-18)20(27)23-22-25-24-21(32-22)17-6-3-7-19(13-17)33(2,28)29/h3,6-11,13,15H,4-5,12,14H2,1-2H3,(H,23,25,27). The Morgan fingerprint density at radius 1 is 1.06 bits per heavy atom. The molecule has 0 spiro atoms. The van der Waals surface area contributed by atoms with Crippen LogP contribution in [0.2, 0.25) is 0 Å². The Balaban J connectivity index is 1.46. The van der Waals surface area contributed by atoms with Gasteiger partial charge in [0, 0.05) is 30.5 Å². The van der Waals surface area contributed by atoms with E-state index in [-0.39, 0.29) is 27.3 Å². The highest BCUT2D eigenvalue weighted by Gasteiger charge is 2.28. The average molecular weight is 505 g/mol. The molecule has 1 aliphatic rings. The molecule has 12 heteroatoms. The number of carbonyl (C=O) groups excluding carboxylic acids is 1. The van der Waals surface area contributed by atoms with E-state index < -0.39 is 25.8 Å². The van der Waals surface area contributed by atoms with Crippen LogP contribution in [0.5, 0.6) is 0 Å². The number of amides is 1. The third kappa shape index (κ3) is 5.18. The van der Waals surface area contributed by atoms with Crippen molar-refractivity contribution in [3.05, 3.63) is 54.1 Å². The number of piperidine rings is 1.